The average Bonchev–Trinajstić information content (AvgIpc) is 3.14. The monoisotopic (exact) mass is 508 g/mol. The van der Waals surface area contributed by atoms with Gasteiger partial charge in [-0.05, 0) is 23.0 Å². The van der Waals surface area contributed by atoms with Gasteiger partial charge < -0.3 is 4.57 Å². The number of aromatic nitrogens is 2. The predicted octanol–water partition coefficient (Wildman–Crippen LogP) is 5.58. The average molecular weight is 508 g/mol. The maximum Gasteiger partial charge on any atom is 0.0602 e. The minimum atomic E-state index is -3.01. The zero-order valence-corrected chi connectivity index (χ0v) is 15.0. The van der Waals surface area contributed by atoms with E-state index in [-0.39, 0.29) is 42.7 Å². The fourth-order valence-electron chi connectivity index (χ4n) is 2.54. The Bertz CT molecular complexity index is 1080. The van der Waals surface area contributed by atoms with Gasteiger partial charge in [-0.1, -0.05) is 45.6 Å². The van der Waals surface area contributed by atoms with Crippen LogP contribution in [0.25, 0.3) is 17.1 Å². The zero-order chi connectivity index (χ0) is 26.4. The Balaban J connectivity index is 0.00000456. The molecule has 0 atom stereocenters. The summed E-state index contributed by atoms with van der Waals surface area (Å²) in [5.41, 5.74) is -0.143. The summed E-state index contributed by atoms with van der Waals surface area (Å²) in [6, 6.07) is 13.5. The van der Waals surface area contributed by atoms with Crippen molar-refractivity contribution >= 4 is 0 Å². The summed E-state index contributed by atoms with van der Waals surface area (Å²) in [6.45, 7) is -12.0. The van der Waals surface area contributed by atoms with Crippen molar-refractivity contribution < 1.29 is 36.6 Å². The molecule has 127 valence electrons. The molecule has 0 spiro atoms. The second-order valence-corrected chi connectivity index (χ2v) is 5.05. The number of benzene rings is 2. The van der Waals surface area contributed by atoms with Gasteiger partial charge in [0.25, 0.3) is 0 Å². The van der Waals surface area contributed by atoms with E-state index in [1.807, 2.05) is 0 Å². The number of nitrogens with zero attached hydrogens (tertiary/aromatic N) is 2. The van der Waals surface area contributed by atoms with Crippen molar-refractivity contribution in [1.29, 1.82) is 0 Å². The van der Waals surface area contributed by atoms with Crippen molar-refractivity contribution in [1.82, 2.24) is 9.55 Å². The van der Waals surface area contributed by atoms with Crippen LogP contribution in [0.2, 0.25) is 0 Å². The van der Waals surface area contributed by atoms with E-state index in [0.29, 0.717) is 5.56 Å². The molecule has 0 aliphatic rings. The van der Waals surface area contributed by atoms with Crippen LogP contribution in [-0.2, 0) is 20.1 Å². The van der Waals surface area contributed by atoms with E-state index in [1.54, 1.807) is 24.3 Å². The minimum absolute atomic E-state index is 0. The van der Waals surface area contributed by atoms with E-state index < -0.39 is 39.2 Å². The first-order chi connectivity index (χ1) is 15.9. The predicted molar refractivity (Wildman–Crippen MR) is 96.0 cm³/mol. The molecule has 2 nitrogen and oxygen atoms in total. The van der Waals surface area contributed by atoms with Gasteiger partial charge >= 0.3 is 0 Å². The molecule has 3 rings (SSSR count). The van der Waals surface area contributed by atoms with Crippen molar-refractivity contribution in [3.8, 4) is 17.1 Å². The van der Waals surface area contributed by atoms with E-state index in [9.17, 15) is 0 Å². The second kappa shape index (κ2) is 7.92. The Morgan fingerprint density at radius 2 is 1.71 bits per heavy atom. The Morgan fingerprint density at radius 1 is 1.00 bits per heavy atom. The van der Waals surface area contributed by atoms with E-state index in [2.05, 4.69) is 11.1 Å². The van der Waals surface area contributed by atoms with Crippen molar-refractivity contribution in [2.75, 3.05) is 0 Å². The molecule has 0 saturated heterocycles. The number of imidazole rings is 1. The summed E-state index contributed by atoms with van der Waals surface area (Å²) in [5.74, 6) is -3.83. The Kier molecular flexibility index (Phi) is 2.68. The summed E-state index contributed by atoms with van der Waals surface area (Å²) in [7, 11) is 0. The van der Waals surface area contributed by atoms with Crippen molar-refractivity contribution in [3.05, 3.63) is 72.1 Å². The van der Waals surface area contributed by atoms with Gasteiger partial charge in [0.1, 0.15) is 0 Å². The number of rotatable bonds is 4. The topological polar surface area (TPSA) is 17.8 Å². The molecule has 0 saturated carbocycles. The van der Waals surface area contributed by atoms with Gasteiger partial charge in [0.15, 0.2) is 0 Å². The maximum absolute atomic E-state index is 7.97. The molecular weight excluding hydrogens is 472 g/mol. The molecule has 0 fully saturated rings. The Morgan fingerprint density at radius 3 is 2.29 bits per heavy atom. The molecule has 3 heteroatoms. The standard InChI is InChI=1S/C21H23N2.Ir/c1-15(2)18-11-8-12-19(16(3)4)20(18)23-14-13-22-21(23)17-9-6-5-7-10-17;/h5-9,11-16H,1-4H3;/q-1;/i1D3,2D3,3D3,4D3;. The van der Waals surface area contributed by atoms with Gasteiger partial charge in [-0.3, -0.25) is 4.98 Å². The molecule has 2 aromatic carbocycles. The molecule has 0 aliphatic carbocycles. The SMILES string of the molecule is [2H]C([2H])([2H])C(c1cccc(C(C([2H])([2H])[2H])C([2H])([2H])[2H])c1-n1ccnc1-c1[c-]cccc1)C([2H])([2H])[2H].[Ir]. The van der Waals surface area contributed by atoms with Crippen LogP contribution in [0.5, 0.6) is 0 Å². The third-order valence-corrected chi connectivity index (χ3v) is 3.55. The smallest absolute Gasteiger partial charge is 0.0602 e. The van der Waals surface area contributed by atoms with Crippen LogP contribution in [0.1, 0.15) is 66.8 Å². The molecule has 3 aromatic rings. The summed E-state index contributed by atoms with van der Waals surface area (Å²) >= 11 is 0. The molecule has 1 aromatic heterocycles. The Hall–Kier alpha value is -1.70. The molecule has 0 amide bonds. The van der Waals surface area contributed by atoms with Crippen LogP contribution in [-0.4, -0.2) is 9.55 Å². The normalized spacial score (nSPS) is 20.4. The van der Waals surface area contributed by atoms with E-state index in [4.69, 9.17) is 16.4 Å². The van der Waals surface area contributed by atoms with Crippen LogP contribution in [0, 0.1) is 6.07 Å². The van der Waals surface area contributed by atoms with Gasteiger partial charge in [0, 0.05) is 54.6 Å². The fraction of sp³-hybridized carbons (Fsp3) is 0.286. The number of hydrogen-bond acceptors (Lipinski definition) is 1. The molecule has 1 heterocycles. The first kappa shape index (κ1) is 8.12. The second-order valence-electron chi connectivity index (χ2n) is 5.05. The van der Waals surface area contributed by atoms with Crippen LogP contribution in [0.3, 0.4) is 0 Å². The van der Waals surface area contributed by atoms with Crippen LogP contribution < -0.4 is 0 Å². The fourth-order valence-corrected chi connectivity index (χ4v) is 2.54. The third kappa shape index (κ3) is 3.53. The summed E-state index contributed by atoms with van der Waals surface area (Å²) < 4.78 is 96.9. The van der Waals surface area contributed by atoms with Crippen molar-refractivity contribution in [3.63, 3.8) is 0 Å². The first-order valence-electron chi connectivity index (χ1n) is 13.1. The van der Waals surface area contributed by atoms with Gasteiger partial charge in [-0.15, -0.1) is 35.9 Å². The summed E-state index contributed by atoms with van der Waals surface area (Å²) in [6.07, 6.45) is 2.78. The molecule has 1 radical (unpaired) electrons. The summed E-state index contributed by atoms with van der Waals surface area (Å²) in [5, 5.41) is 0. The van der Waals surface area contributed by atoms with Crippen LogP contribution in [0.15, 0.2) is 54.9 Å². The zero-order valence-electron chi connectivity index (χ0n) is 24.6. The van der Waals surface area contributed by atoms with E-state index in [1.165, 1.54) is 35.2 Å². The van der Waals surface area contributed by atoms with Crippen molar-refractivity contribution in [2.45, 2.75) is 39.2 Å². The molecule has 0 N–H and O–H groups in total. The maximum atomic E-state index is 7.97. The van der Waals surface area contributed by atoms with Crippen LogP contribution in [0.4, 0.5) is 0 Å². The quantitative estimate of drug-likeness (QED) is 0.422. The largest absolute Gasteiger partial charge is 0.340 e. The number of para-hydroxylation sites is 1. The van der Waals surface area contributed by atoms with Gasteiger partial charge in [0.05, 0.1) is 5.82 Å². The van der Waals surface area contributed by atoms with Gasteiger partial charge in [-0.2, -0.15) is 0 Å². The molecular formula is C21H23IrN2-. The van der Waals surface area contributed by atoms with E-state index in [0.717, 1.165) is 0 Å². The van der Waals surface area contributed by atoms with Crippen LogP contribution >= 0.6 is 0 Å². The van der Waals surface area contributed by atoms with Crippen molar-refractivity contribution in [2.24, 2.45) is 0 Å². The number of hydrogen-bond donors (Lipinski definition) is 0. The molecule has 0 aliphatic heterocycles. The van der Waals surface area contributed by atoms with Gasteiger partial charge in [0.2, 0.25) is 0 Å². The molecule has 0 bridgehead atoms. The van der Waals surface area contributed by atoms with Gasteiger partial charge in [-0.25, -0.2) is 0 Å². The molecule has 0 unspecified atom stereocenters. The first-order valence-corrected chi connectivity index (χ1v) is 7.07. The third-order valence-electron chi connectivity index (χ3n) is 3.55. The summed E-state index contributed by atoms with van der Waals surface area (Å²) in [4.78, 5) is 4.28. The molecule has 24 heavy (non-hydrogen) atoms. The minimum Gasteiger partial charge on any atom is -0.340 e. The Labute approximate surface area is 175 Å². The van der Waals surface area contributed by atoms with E-state index >= 15 is 0 Å².